The second kappa shape index (κ2) is 18.1. The molecule has 0 radical (unpaired) electrons. The summed E-state index contributed by atoms with van der Waals surface area (Å²) in [6, 6.07) is 21.2. The zero-order valence-electron chi connectivity index (χ0n) is 35.1. The van der Waals surface area contributed by atoms with Crippen LogP contribution in [0.3, 0.4) is 0 Å². The SMILES string of the molecule is Cc1nn2c(N3CCN(CCO)CC3)cc(-c3cccc(CCCC(=O)N4CCN(CCCNC(=O)CC5C6CC7CC(C6)CC5C7)CC4)c3)nc2c1-c1ccccc1. The summed E-state index contributed by atoms with van der Waals surface area (Å²) in [4.78, 5) is 40.6. The Bertz CT molecular complexity index is 2040. The number of fused-ring (bicyclic) bond motifs is 1. The molecule has 11 heteroatoms. The number of anilines is 1. The van der Waals surface area contributed by atoms with Crippen LogP contribution in [0.4, 0.5) is 5.82 Å². The number of carbonyl (C=O) groups is 2. The summed E-state index contributed by atoms with van der Waals surface area (Å²) < 4.78 is 2.02. The Labute approximate surface area is 350 Å². The number of hydrogen-bond donors (Lipinski definition) is 2. The minimum absolute atomic E-state index is 0.175. The second-order valence-corrected chi connectivity index (χ2v) is 18.4. The first kappa shape index (κ1) is 40.1. The molecule has 2 aromatic carbocycles. The molecule has 2 aliphatic heterocycles. The van der Waals surface area contributed by atoms with Gasteiger partial charge in [-0.15, -0.1) is 0 Å². The van der Waals surface area contributed by atoms with Crippen molar-refractivity contribution in [2.75, 3.05) is 83.5 Å². The van der Waals surface area contributed by atoms with E-state index in [4.69, 9.17) is 10.1 Å². The van der Waals surface area contributed by atoms with Crippen LogP contribution in [0.25, 0.3) is 28.0 Å². The van der Waals surface area contributed by atoms with Crippen molar-refractivity contribution in [1.82, 2.24) is 34.6 Å². The van der Waals surface area contributed by atoms with E-state index in [0.717, 1.165) is 154 Å². The van der Waals surface area contributed by atoms with E-state index in [1.54, 1.807) is 0 Å². The fourth-order valence-electron chi connectivity index (χ4n) is 11.7. The molecule has 6 aliphatic rings. The molecule has 10 rings (SSSR count). The summed E-state index contributed by atoms with van der Waals surface area (Å²) in [5, 5.41) is 17.8. The zero-order valence-corrected chi connectivity index (χ0v) is 35.1. The molecule has 0 atom stereocenters. The normalized spacial score (nSPS) is 24.6. The van der Waals surface area contributed by atoms with Crippen LogP contribution in [-0.4, -0.2) is 125 Å². The largest absolute Gasteiger partial charge is 0.395 e. The number of nitrogens with one attached hydrogen (secondary N) is 1. The maximum absolute atomic E-state index is 13.3. The Morgan fingerprint density at radius 3 is 2.20 bits per heavy atom. The highest BCUT2D eigenvalue weighted by Crippen LogP contribution is 2.57. The third kappa shape index (κ3) is 9.08. The number of aromatic nitrogens is 3. The van der Waals surface area contributed by atoms with Crippen molar-refractivity contribution >= 4 is 23.3 Å². The van der Waals surface area contributed by atoms with Crippen molar-refractivity contribution in [3.05, 3.63) is 71.9 Å². The molecule has 4 bridgehead atoms. The molecule has 2 amide bonds. The van der Waals surface area contributed by atoms with Gasteiger partial charge in [0.15, 0.2) is 5.65 Å². The molecule has 2 aromatic heterocycles. The Morgan fingerprint density at radius 1 is 0.780 bits per heavy atom. The van der Waals surface area contributed by atoms with Gasteiger partial charge < -0.3 is 20.2 Å². The Morgan fingerprint density at radius 2 is 1.47 bits per heavy atom. The maximum Gasteiger partial charge on any atom is 0.222 e. The predicted octanol–water partition coefficient (Wildman–Crippen LogP) is 5.92. The summed E-state index contributed by atoms with van der Waals surface area (Å²) in [6.07, 6.45) is 10.8. The Kier molecular flexibility index (Phi) is 12.3. The molecule has 6 fully saturated rings. The molecule has 59 heavy (non-hydrogen) atoms. The van der Waals surface area contributed by atoms with E-state index in [1.807, 2.05) is 15.5 Å². The van der Waals surface area contributed by atoms with Crippen molar-refractivity contribution in [1.29, 1.82) is 0 Å². The van der Waals surface area contributed by atoms with Crippen LogP contribution in [-0.2, 0) is 16.0 Å². The number of benzene rings is 2. The Hall–Kier alpha value is -4.32. The molecular weight excluding hydrogens is 737 g/mol. The molecular formula is C48H64N8O3. The molecule has 4 heterocycles. The number of carbonyl (C=O) groups excluding carboxylic acids is 2. The van der Waals surface area contributed by atoms with Crippen LogP contribution in [0.1, 0.15) is 69.0 Å². The number of piperazine rings is 2. The lowest BCUT2D eigenvalue weighted by molar-refractivity contribution is -0.133. The van der Waals surface area contributed by atoms with Gasteiger partial charge in [0, 0.05) is 95.5 Å². The van der Waals surface area contributed by atoms with Crippen LogP contribution in [0.5, 0.6) is 0 Å². The van der Waals surface area contributed by atoms with Crippen LogP contribution in [0.2, 0.25) is 0 Å². The molecule has 11 nitrogen and oxygen atoms in total. The van der Waals surface area contributed by atoms with E-state index in [9.17, 15) is 14.7 Å². The van der Waals surface area contributed by atoms with E-state index < -0.39 is 0 Å². The van der Waals surface area contributed by atoms with E-state index in [-0.39, 0.29) is 18.4 Å². The standard InChI is InChI=1S/C48H64N8O3/c1-34-47(38-10-3-2-4-11-38)48-50-43(33-45(56(48)51-34)54-20-16-53(17-21-54)24-25-57)39-12-5-8-35(27-39)9-6-13-46(59)55-22-18-52(19-23-55)15-7-14-49-44(58)32-42-40-28-36-26-37(30-40)31-41(42)29-36/h2-5,8,10-12,27,33,36-37,40-42,57H,6-7,9,13-26,28-32H2,1H3,(H,49,58). The van der Waals surface area contributed by atoms with E-state index in [0.29, 0.717) is 18.9 Å². The summed E-state index contributed by atoms with van der Waals surface area (Å²) >= 11 is 0. The predicted molar refractivity (Wildman–Crippen MR) is 233 cm³/mol. The van der Waals surface area contributed by atoms with Gasteiger partial charge in [-0.3, -0.25) is 19.4 Å². The smallest absolute Gasteiger partial charge is 0.222 e. The van der Waals surface area contributed by atoms with Gasteiger partial charge in [0.05, 0.1) is 18.0 Å². The van der Waals surface area contributed by atoms with Gasteiger partial charge in [-0.2, -0.15) is 9.61 Å². The van der Waals surface area contributed by atoms with Crippen molar-refractivity contribution in [2.45, 2.75) is 71.1 Å². The van der Waals surface area contributed by atoms with Crippen molar-refractivity contribution < 1.29 is 14.7 Å². The molecule has 2 saturated heterocycles. The number of β-amino-alcohol motifs (C(OH)–C–C–N with tert-alkyl or cyclic N) is 1. The first-order chi connectivity index (χ1) is 28.9. The fraction of sp³-hybridized carbons (Fsp3) is 0.583. The van der Waals surface area contributed by atoms with E-state index in [1.165, 1.54) is 37.7 Å². The van der Waals surface area contributed by atoms with Crippen LogP contribution >= 0.6 is 0 Å². The highest BCUT2D eigenvalue weighted by atomic mass is 16.3. The number of hydrogen-bond acceptors (Lipinski definition) is 8. The fourth-order valence-corrected chi connectivity index (χ4v) is 11.7. The molecule has 314 valence electrons. The highest BCUT2D eigenvalue weighted by molar-refractivity contribution is 5.83. The van der Waals surface area contributed by atoms with Crippen LogP contribution < -0.4 is 10.2 Å². The number of aliphatic hydroxyl groups is 1. The molecule has 4 aromatic rings. The molecule has 0 unspecified atom stereocenters. The van der Waals surface area contributed by atoms with Crippen molar-refractivity contribution in [3.63, 3.8) is 0 Å². The lowest BCUT2D eigenvalue weighted by Crippen LogP contribution is -2.49. The van der Waals surface area contributed by atoms with Gasteiger partial charge in [-0.05, 0) is 112 Å². The molecule has 4 saturated carbocycles. The van der Waals surface area contributed by atoms with Crippen LogP contribution in [0, 0.1) is 36.5 Å². The number of rotatable bonds is 15. The van der Waals surface area contributed by atoms with Gasteiger partial charge in [0.2, 0.25) is 11.8 Å². The number of amides is 2. The summed E-state index contributed by atoms with van der Waals surface area (Å²) in [5.41, 5.74) is 7.14. The molecule has 2 N–H and O–H groups in total. The quantitative estimate of drug-likeness (QED) is 0.143. The van der Waals surface area contributed by atoms with Gasteiger partial charge in [-0.25, -0.2) is 4.98 Å². The first-order valence-corrected chi connectivity index (χ1v) is 22.8. The minimum Gasteiger partial charge on any atom is -0.395 e. The second-order valence-electron chi connectivity index (χ2n) is 18.4. The third-order valence-corrected chi connectivity index (χ3v) is 14.5. The van der Waals surface area contributed by atoms with Gasteiger partial charge >= 0.3 is 0 Å². The third-order valence-electron chi connectivity index (χ3n) is 14.5. The van der Waals surface area contributed by atoms with Crippen molar-refractivity contribution in [3.8, 4) is 22.4 Å². The number of nitrogens with zero attached hydrogens (tertiary/aromatic N) is 7. The summed E-state index contributed by atoms with van der Waals surface area (Å²) in [6.45, 7) is 11.5. The molecule has 4 aliphatic carbocycles. The van der Waals surface area contributed by atoms with Crippen molar-refractivity contribution in [2.24, 2.45) is 29.6 Å². The Balaban J connectivity index is 0.760. The van der Waals surface area contributed by atoms with Crippen LogP contribution in [0.15, 0.2) is 60.7 Å². The lowest BCUT2D eigenvalue weighted by atomic mass is 9.51. The maximum atomic E-state index is 13.3. The van der Waals surface area contributed by atoms with Gasteiger partial charge in [-0.1, -0.05) is 48.5 Å². The average molecular weight is 801 g/mol. The highest BCUT2D eigenvalue weighted by Gasteiger charge is 2.48. The lowest BCUT2D eigenvalue weighted by Gasteiger charge is -2.54. The molecule has 0 spiro atoms. The average Bonchev–Trinajstić information content (AvgIpc) is 3.59. The van der Waals surface area contributed by atoms with E-state index in [2.05, 4.69) is 81.5 Å². The first-order valence-electron chi connectivity index (χ1n) is 22.8. The minimum atomic E-state index is 0.175. The summed E-state index contributed by atoms with van der Waals surface area (Å²) in [7, 11) is 0. The topological polar surface area (TPSA) is 110 Å². The summed E-state index contributed by atoms with van der Waals surface area (Å²) in [5.74, 6) is 5.69. The van der Waals surface area contributed by atoms with E-state index >= 15 is 0 Å². The monoisotopic (exact) mass is 801 g/mol. The number of aryl methyl sites for hydroxylation is 2. The van der Waals surface area contributed by atoms with Gasteiger partial charge in [0.25, 0.3) is 0 Å². The van der Waals surface area contributed by atoms with Gasteiger partial charge in [0.1, 0.15) is 5.82 Å². The number of aliphatic hydroxyl groups excluding tert-OH is 1. The zero-order chi connectivity index (χ0) is 40.3.